The number of benzene rings is 1. The molecule has 1 rings (SSSR count). The first-order valence-corrected chi connectivity index (χ1v) is 7.84. The van der Waals surface area contributed by atoms with E-state index < -0.39 is 0 Å². The van der Waals surface area contributed by atoms with Crippen LogP contribution < -0.4 is 10.5 Å². The molecule has 0 bridgehead atoms. The molecule has 0 fully saturated rings. The van der Waals surface area contributed by atoms with Gasteiger partial charge in [0, 0.05) is 6.04 Å². The number of ether oxygens (including phenoxy) is 1. The fraction of sp³-hybridized carbons (Fsp3) is 0.647. The van der Waals surface area contributed by atoms with Crippen LogP contribution in [0.1, 0.15) is 57.9 Å². The first kappa shape index (κ1) is 17.0. The maximum atomic E-state index is 13.9. The molecule has 1 atom stereocenters. The second kappa shape index (κ2) is 9.76. The summed E-state index contributed by atoms with van der Waals surface area (Å²) in [7, 11) is 0. The van der Waals surface area contributed by atoms with Gasteiger partial charge in [0.15, 0.2) is 11.6 Å². The van der Waals surface area contributed by atoms with Crippen LogP contribution in [0.2, 0.25) is 0 Å². The molecule has 2 nitrogen and oxygen atoms in total. The number of para-hydroxylation sites is 1. The maximum Gasteiger partial charge on any atom is 0.165 e. The van der Waals surface area contributed by atoms with Crippen molar-refractivity contribution >= 4 is 0 Å². The minimum Gasteiger partial charge on any atom is -0.490 e. The van der Waals surface area contributed by atoms with Crippen LogP contribution in [0.3, 0.4) is 0 Å². The number of hydrogen-bond donors (Lipinski definition) is 1. The zero-order valence-corrected chi connectivity index (χ0v) is 12.8. The van der Waals surface area contributed by atoms with E-state index in [9.17, 15) is 4.39 Å². The number of rotatable bonds is 10. The molecule has 114 valence electrons. The van der Waals surface area contributed by atoms with Crippen molar-refractivity contribution in [3.05, 3.63) is 29.6 Å². The van der Waals surface area contributed by atoms with Crippen LogP contribution >= 0.6 is 0 Å². The van der Waals surface area contributed by atoms with Gasteiger partial charge in [-0.05, 0) is 30.9 Å². The highest BCUT2D eigenvalue weighted by atomic mass is 19.1. The summed E-state index contributed by atoms with van der Waals surface area (Å²) in [5, 5.41) is 0. The highest BCUT2D eigenvalue weighted by molar-refractivity contribution is 5.35. The minimum atomic E-state index is -0.278. The van der Waals surface area contributed by atoms with E-state index in [1.807, 2.05) is 13.0 Å². The van der Waals surface area contributed by atoms with Crippen molar-refractivity contribution in [3.8, 4) is 5.75 Å². The van der Waals surface area contributed by atoms with Crippen molar-refractivity contribution in [1.82, 2.24) is 0 Å². The Morgan fingerprint density at radius 3 is 2.60 bits per heavy atom. The van der Waals surface area contributed by atoms with Crippen molar-refractivity contribution in [1.29, 1.82) is 0 Å². The van der Waals surface area contributed by atoms with E-state index in [4.69, 9.17) is 10.5 Å². The van der Waals surface area contributed by atoms with E-state index in [0.717, 1.165) is 24.8 Å². The topological polar surface area (TPSA) is 35.2 Å². The van der Waals surface area contributed by atoms with E-state index >= 15 is 0 Å². The first-order valence-electron chi connectivity index (χ1n) is 7.84. The lowest BCUT2D eigenvalue weighted by Crippen LogP contribution is -2.22. The SMILES string of the molecule is CCCCCCCOc1c(F)cccc1CC(N)CC. The maximum absolute atomic E-state index is 13.9. The van der Waals surface area contributed by atoms with E-state index in [1.165, 1.54) is 25.3 Å². The summed E-state index contributed by atoms with van der Waals surface area (Å²) in [5.74, 6) is 0.117. The molecule has 0 aliphatic heterocycles. The Labute approximate surface area is 122 Å². The Kier molecular flexibility index (Phi) is 8.28. The molecule has 1 aromatic carbocycles. The van der Waals surface area contributed by atoms with Gasteiger partial charge in [0.1, 0.15) is 0 Å². The minimum absolute atomic E-state index is 0.0590. The third-order valence-corrected chi connectivity index (χ3v) is 3.55. The average Bonchev–Trinajstić information content (AvgIpc) is 2.45. The summed E-state index contributed by atoms with van der Waals surface area (Å²) >= 11 is 0. The molecule has 0 aliphatic rings. The van der Waals surface area contributed by atoms with Gasteiger partial charge in [0.25, 0.3) is 0 Å². The van der Waals surface area contributed by atoms with Crippen LogP contribution in [-0.2, 0) is 6.42 Å². The molecule has 0 radical (unpaired) electrons. The molecule has 0 heterocycles. The fourth-order valence-electron chi connectivity index (χ4n) is 2.18. The molecule has 0 saturated heterocycles. The molecular weight excluding hydrogens is 253 g/mol. The number of hydrogen-bond acceptors (Lipinski definition) is 2. The van der Waals surface area contributed by atoms with Gasteiger partial charge in [-0.1, -0.05) is 51.7 Å². The van der Waals surface area contributed by atoms with Crippen LogP contribution in [0.5, 0.6) is 5.75 Å². The van der Waals surface area contributed by atoms with E-state index in [0.29, 0.717) is 18.8 Å². The standard InChI is InChI=1S/C17H28FNO/c1-3-5-6-7-8-12-20-17-14(13-15(19)4-2)10-9-11-16(17)18/h9-11,15H,3-8,12-13,19H2,1-2H3. The van der Waals surface area contributed by atoms with Gasteiger partial charge in [0.05, 0.1) is 6.61 Å². The average molecular weight is 281 g/mol. The summed E-state index contributed by atoms with van der Waals surface area (Å²) in [6, 6.07) is 5.14. The number of halogens is 1. The molecule has 20 heavy (non-hydrogen) atoms. The highest BCUT2D eigenvalue weighted by Crippen LogP contribution is 2.24. The quantitative estimate of drug-likeness (QED) is 0.643. The monoisotopic (exact) mass is 281 g/mol. The van der Waals surface area contributed by atoms with Crippen LogP contribution in [-0.4, -0.2) is 12.6 Å². The Balaban J connectivity index is 2.50. The summed E-state index contributed by atoms with van der Waals surface area (Å²) < 4.78 is 19.5. The van der Waals surface area contributed by atoms with Crippen LogP contribution in [0.25, 0.3) is 0 Å². The first-order chi connectivity index (χ1) is 9.69. The lowest BCUT2D eigenvalue weighted by atomic mass is 10.0. The van der Waals surface area contributed by atoms with Gasteiger partial charge in [-0.3, -0.25) is 0 Å². The van der Waals surface area contributed by atoms with Crippen LogP contribution in [0.4, 0.5) is 4.39 Å². The Hall–Kier alpha value is -1.09. The van der Waals surface area contributed by atoms with Crippen molar-refractivity contribution in [3.63, 3.8) is 0 Å². The zero-order chi connectivity index (χ0) is 14.8. The Bertz CT molecular complexity index is 381. The van der Waals surface area contributed by atoms with Crippen LogP contribution in [0.15, 0.2) is 18.2 Å². The van der Waals surface area contributed by atoms with Crippen molar-refractivity contribution in [2.75, 3.05) is 6.61 Å². The molecule has 0 aliphatic carbocycles. The molecular formula is C17H28FNO. The largest absolute Gasteiger partial charge is 0.490 e. The van der Waals surface area contributed by atoms with E-state index in [-0.39, 0.29) is 11.9 Å². The van der Waals surface area contributed by atoms with Crippen LogP contribution in [0, 0.1) is 5.82 Å². The molecule has 3 heteroatoms. The highest BCUT2D eigenvalue weighted by Gasteiger charge is 2.12. The second-order valence-electron chi connectivity index (χ2n) is 5.36. The molecule has 0 aromatic heterocycles. The van der Waals surface area contributed by atoms with Gasteiger partial charge in [-0.15, -0.1) is 0 Å². The molecule has 2 N–H and O–H groups in total. The molecule has 0 amide bonds. The lowest BCUT2D eigenvalue weighted by Gasteiger charge is -2.15. The van der Waals surface area contributed by atoms with Gasteiger partial charge in [-0.25, -0.2) is 4.39 Å². The summed E-state index contributed by atoms with van der Waals surface area (Å²) in [6.45, 7) is 4.82. The van der Waals surface area contributed by atoms with Crippen molar-refractivity contribution < 1.29 is 9.13 Å². The van der Waals surface area contributed by atoms with E-state index in [1.54, 1.807) is 6.07 Å². The van der Waals surface area contributed by atoms with Gasteiger partial charge >= 0.3 is 0 Å². The number of unbranched alkanes of at least 4 members (excludes halogenated alkanes) is 4. The van der Waals surface area contributed by atoms with Gasteiger partial charge in [-0.2, -0.15) is 0 Å². The van der Waals surface area contributed by atoms with Crippen molar-refractivity contribution in [2.24, 2.45) is 5.73 Å². The van der Waals surface area contributed by atoms with E-state index in [2.05, 4.69) is 6.92 Å². The normalized spacial score (nSPS) is 12.4. The molecule has 0 saturated carbocycles. The zero-order valence-electron chi connectivity index (χ0n) is 12.8. The molecule has 0 spiro atoms. The number of nitrogens with two attached hydrogens (primary N) is 1. The lowest BCUT2D eigenvalue weighted by molar-refractivity contribution is 0.286. The molecule has 1 aromatic rings. The fourth-order valence-corrected chi connectivity index (χ4v) is 2.18. The Morgan fingerprint density at radius 1 is 1.15 bits per heavy atom. The summed E-state index contributed by atoms with van der Waals surface area (Å²) in [5.41, 5.74) is 6.84. The van der Waals surface area contributed by atoms with Gasteiger partial charge < -0.3 is 10.5 Å². The second-order valence-corrected chi connectivity index (χ2v) is 5.36. The smallest absolute Gasteiger partial charge is 0.165 e. The Morgan fingerprint density at radius 2 is 1.90 bits per heavy atom. The summed E-state index contributed by atoms with van der Waals surface area (Å²) in [4.78, 5) is 0. The predicted molar refractivity (Wildman–Crippen MR) is 82.6 cm³/mol. The predicted octanol–water partition coefficient (Wildman–Crippen LogP) is 4.45. The van der Waals surface area contributed by atoms with Crippen molar-refractivity contribution in [2.45, 2.75) is 64.8 Å². The third kappa shape index (κ3) is 5.91. The summed E-state index contributed by atoms with van der Waals surface area (Å²) in [6.07, 6.45) is 7.39. The third-order valence-electron chi connectivity index (χ3n) is 3.55. The molecule has 1 unspecified atom stereocenters. The van der Waals surface area contributed by atoms with Gasteiger partial charge in [0.2, 0.25) is 0 Å².